The van der Waals surface area contributed by atoms with Crippen LogP contribution in [0.25, 0.3) is 0 Å². The molecule has 1 aromatic heterocycles. The summed E-state index contributed by atoms with van der Waals surface area (Å²) in [5.41, 5.74) is 5.66. The van der Waals surface area contributed by atoms with Gasteiger partial charge in [0.15, 0.2) is 0 Å². The van der Waals surface area contributed by atoms with E-state index in [9.17, 15) is 9.59 Å². The summed E-state index contributed by atoms with van der Waals surface area (Å²) >= 11 is 5.79. The minimum atomic E-state index is -0.464. The van der Waals surface area contributed by atoms with Crippen molar-refractivity contribution in [1.82, 2.24) is 9.88 Å². The SMILES string of the molecule is COC(=O)CCN(CC#N)C(=O)c1cnc(N)c(Cl)c1. The summed E-state index contributed by atoms with van der Waals surface area (Å²) in [6.07, 6.45) is 1.27. The summed E-state index contributed by atoms with van der Waals surface area (Å²) < 4.78 is 4.49. The molecule has 0 aliphatic heterocycles. The van der Waals surface area contributed by atoms with Crippen LogP contribution in [-0.2, 0) is 9.53 Å². The van der Waals surface area contributed by atoms with E-state index in [0.29, 0.717) is 0 Å². The molecule has 1 heterocycles. The largest absolute Gasteiger partial charge is 0.469 e. The first-order valence-corrected chi connectivity index (χ1v) is 6.01. The number of rotatable bonds is 5. The Morgan fingerprint density at radius 3 is 2.85 bits per heavy atom. The van der Waals surface area contributed by atoms with Crippen molar-refractivity contribution in [2.75, 3.05) is 25.9 Å². The first-order chi connectivity index (χ1) is 9.49. The molecule has 0 unspecified atom stereocenters. The van der Waals surface area contributed by atoms with E-state index in [2.05, 4.69) is 9.72 Å². The molecule has 20 heavy (non-hydrogen) atoms. The van der Waals surface area contributed by atoms with Crippen molar-refractivity contribution >= 4 is 29.3 Å². The highest BCUT2D eigenvalue weighted by molar-refractivity contribution is 6.33. The van der Waals surface area contributed by atoms with Gasteiger partial charge in [0.05, 0.1) is 30.2 Å². The van der Waals surface area contributed by atoms with Gasteiger partial charge in [-0.25, -0.2) is 4.98 Å². The van der Waals surface area contributed by atoms with Crippen LogP contribution in [0.3, 0.4) is 0 Å². The maximum atomic E-state index is 12.2. The van der Waals surface area contributed by atoms with Crippen molar-refractivity contribution in [3.63, 3.8) is 0 Å². The van der Waals surface area contributed by atoms with Crippen molar-refractivity contribution in [3.8, 4) is 6.07 Å². The maximum Gasteiger partial charge on any atom is 0.307 e. The van der Waals surface area contributed by atoms with E-state index in [0.717, 1.165) is 0 Å². The average molecular weight is 297 g/mol. The van der Waals surface area contributed by atoms with E-state index in [1.54, 1.807) is 0 Å². The highest BCUT2D eigenvalue weighted by atomic mass is 35.5. The van der Waals surface area contributed by atoms with Crippen molar-refractivity contribution in [2.45, 2.75) is 6.42 Å². The molecule has 0 bridgehead atoms. The Morgan fingerprint density at radius 1 is 1.60 bits per heavy atom. The quantitative estimate of drug-likeness (QED) is 0.637. The Bertz CT molecular complexity index is 556. The zero-order chi connectivity index (χ0) is 15.1. The number of amides is 1. The van der Waals surface area contributed by atoms with Crippen LogP contribution in [0.4, 0.5) is 5.82 Å². The lowest BCUT2D eigenvalue weighted by atomic mass is 10.2. The molecule has 0 atom stereocenters. The topological polar surface area (TPSA) is 109 Å². The molecule has 106 valence electrons. The number of nitrogens with zero attached hydrogens (tertiary/aromatic N) is 3. The van der Waals surface area contributed by atoms with Crippen molar-refractivity contribution < 1.29 is 14.3 Å². The number of halogens is 1. The zero-order valence-corrected chi connectivity index (χ0v) is 11.6. The summed E-state index contributed by atoms with van der Waals surface area (Å²) in [6.45, 7) is -0.0844. The number of methoxy groups -OCH3 is 1. The average Bonchev–Trinajstić information content (AvgIpc) is 2.45. The van der Waals surface area contributed by atoms with Gasteiger partial charge in [-0.1, -0.05) is 11.6 Å². The molecule has 8 heteroatoms. The number of pyridine rings is 1. The highest BCUT2D eigenvalue weighted by Gasteiger charge is 2.18. The second kappa shape index (κ2) is 7.31. The lowest BCUT2D eigenvalue weighted by molar-refractivity contribution is -0.140. The predicted octanol–water partition coefficient (Wildman–Crippen LogP) is 0.846. The van der Waals surface area contributed by atoms with Crippen LogP contribution in [0, 0.1) is 11.3 Å². The van der Waals surface area contributed by atoms with Gasteiger partial charge in [0, 0.05) is 12.7 Å². The van der Waals surface area contributed by atoms with Gasteiger partial charge in [-0.2, -0.15) is 5.26 Å². The van der Waals surface area contributed by atoms with Crippen LogP contribution < -0.4 is 5.73 Å². The van der Waals surface area contributed by atoms with Crippen molar-refractivity contribution in [1.29, 1.82) is 5.26 Å². The Labute approximate surface area is 120 Å². The first-order valence-electron chi connectivity index (χ1n) is 5.63. The van der Waals surface area contributed by atoms with Crippen LogP contribution in [0.2, 0.25) is 5.02 Å². The molecule has 1 rings (SSSR count). The minimum Gasteiger partial charge on any atom is -0.469 e. The fraction of sp³-hybridized carbons (Fsp3) is 0.333. The van der Waals surface area contributed by atoms with Crippen LogP contribution in [0.1, 0.15) is 16.8 Å². The zero-order valence-electron chi connectivity index (χ0n) is 10.8. The lowest BCUT2D eigenvalue weighted by Gasteiger charge is -2.19. The number of nitriles is 1. The number of carbonyl (C=O) groups is 2. The number of aromatic nitrogens is 1. The number of hydrogen-bond acceptors (Lipinski definition) is 6. The fourth-order valence-electron chi connectivity index (χ4n) is 1.41. The van der Waals surface area contributed by atoms with Crippen LogP contribution in [-0.4, -0.2) is 42.0 Å². The van der Waals surface area contributed by atoms with E-state index in [4.69, 9.17) is 22.6 Å². The highest BCUT2D eigenvalue weighted by Crippen LogP contribution is 2.17. The van der Waals surface area contributed by atoms with Gasteiger partial charge < -0.3 is 15.4 Å². The molecule has 1 amide bonds. The summed E-state index contributed by atoms with van der Waals surface area (Å²) in [6, 6.07) is 3.23. The van der Waals surface area contributed by atoms with E-state index >= 15 is 0 Å². The number of ether oxygens (including phenoxy) is 1. The van der Waals surface area contributed by atoms with Gasteiger partial charge in [-0.15, -0.1) is 0 Å². The van der Waals surface area contributed by atoms with Gasteiger partial charge in [-0.3, -0.25) is 9.59 Å². The summed E-state index contributed by atoms with van der Waals surface area (Å²) in [5, 5.41) is 8.89. The van der Waals surface area contributed by atoms with Gasteiger partial charge in [0.2, 0.25) is 0 Å². The molecule has 0 aromatic carbocycles. The number of anilines is 1. The third kappa shape index (κ3) is 4.10. The van der Waals surface area contributed by atoms with E-state index < -0.39 is 11.9 Å². The lowest BCUT2D eigenvalue weighted by Crippen LogP contribution is -2.33. The minimum absolute atomic E-state index is 0.0000528. The van der Waals surface area contributed by atoms with Crippen molar-refractivity contribution in [3.05, 3.63) is 22.8 Å². The fourth-order valence-corrected chi connectivity index (χ4v) is 1.58. The Kier molecular flexibility index (Phi) is 5.74. The number of nitrogens with two attached hydrogens (primary N) is 1. The number of carbonyl (C=O) groups excluding carboxylic acids is 2. The van der Waals surface area contributed by atoms with Crippen molar-refractivity contribution in [2.24, 2.45) is 0 Å². The maximum absolute atomic E-state index is 12.2. The summed E-state index contributed by atoms with van der Waals surface area (Å²) in [4.78, 5) is 28.3. The predicted molar refractivity (Wildman–Crippen MR) is 71.8 cm³/mol. The molecule has 0 radical (unpaired) electrons. The smallest absolute Gasteiger partial charge is 0.307 e. The second-order valence-electron chi connectivity index (χ2n) is 3.80. The van der Waals surface area contributed by atoms with E-state index in [1.807, 2.05) is 6.07 Å². The molecular weight excluding hydrogens is 284 g/mol. The van der Waals surface area contributed by atoms with Gasteiger partial charge in [-0.05, 0) is 6.07 Å². The Morgan fingerprint density at radius 2 is 2.30 bits per heavy atom. The van der Waals surface area contributed by atoms with E-state index in [1.165, 1.54) is 24.3 Å². The number of nitrogen functional groups attached to an aromatic ring is 1. The van der Waals surface area contributed by atoms with Crippen LogP contribution >= 0.6 is 11.6 Å². The first kappa shape index (κ1) is 15.7. The van der Waals surface area contributed by atoms with E-state index in [-0.39, 0.29) is 35.9 Å². The second-order valence-corrected chi connectivity index (χ2v) is 4.21. The van der Waals surface area contributed by atoms with Gasteiger partial charge in [0.1, 0.15) is 12.4 Å². The molecule has 0 saturated heterocycles. The third-order valence-electron chi connectivity index (χ3n) is 2.48. The number of esters is 1. The molecule has 0 fully saturated rings. The molecule has 7 nitrogen and oxygen atoms in total. The Balaban J connectivity index is 2.85. The normalized spacial score (nSPS) is 9.65. The van der Waals surface area contributed by atoms with Crippen LogP contribution in [0.5, 0.6) is 0 Å². The monoisotopic (exact) mass is 296 g/mol. The molecule has 0 aliphatic rings. The summed E-state index contributed by atoms with van der Waals surface area (Å²) in [5.74, 6) is -0.802. The van der Waals surface area contributed by atoms with Gasteiger partial charge >= 0.3 is 5.97 Å². The standard InChI is InChI=1S/C12H13ClN4O3/c1-20-10(18)2-4-17(5-3-14)12(19)8-6-9(13)11(15)16-7-8/h6-7H,2,4-5H2,1H3,(H2,15,16). The molecule has 1 aromatic rings. The molecule has 2 N–H and O–H groups in total. The van der Waals surface area contributed by atoms with Crippen LogP contribution in [0.15, 0.2) is 12.3 Å². The molecule has 0 spiro atoms. The Hall–Kier alpha value is -2.33. The summed E-state index contributed by atoms with van der Waals surface area (Å²) in [7, 11) is 1.25. The third-order valence-corrected chi connectivity index (χ3v) is 2.78. The molecule has 0 saturated carbocycles. The van der Waals surface area contributed by atoms with Gasteiger partial charge in [0.25, 0.3) is 5.91 Å². The molecular formula is C12H13ClN4O3. The number of hydrogen-bond donors (Lipinski definition) is 1. The molecule has 0 aliphatic carbocycles.